The minimum Gasteiger partial charge on any atom is -0.481 e. The fourth-order valence-electron chi connectivity index (χ4n) is 4.02. The molecule has 6 heteroatoms. The highest BCUT2D eigenvalue weighted by Gasteiger charge is 2.52. The van der Waals surface area contributed by atoms with E-state index in [-0.39, 0.29) is 30.1 Å². The second kappa shape index (κ2) is 4.91. The lowest BCUT2D eigenvalue weighted by Gasteiger charge is -2.38. The predicted molar refractivity (Wildman–Crippen MR) is 71.1 cm³/mol. The van der Waals surface area contributed by atoms with Crippen molar-refractivity contribution < 1.29 is 19.8 Å². The number of urea groups is 1. The number of likely N-dealkylation sites (tertiary alicyclic amines) is 1. The molecule has 2 bridgehead atoms. The molecule has 0 aromatic carbocycles. The molecule has 2 amide bonds. The summed E-state index contributed by atoms with van der Waals surface area (Å²) in [5.41, 5.74) is 0. The first-order chi connectivity index (χ1) is 9.49. The number of aliphatic hydroxyl groups is 1. The number of piperidine rings is 1. The molecule has 0 aromatic heterocycles. The second-order valence-electron chi connectivity index (χ2n) is 6.45. The number of carbonyl (C=O) groups excluding carboxylic acids is 1. The van der Waals surface area contributed by atoms with Gasteiger partial charge in [-0.25, -0.2) is 4.79 Å². The van der Waals surface area contributed by atoms with Gasteiger partial charge in [0.25, 0.3) is 0 Å². The van der Waals surface area contributed by atoms with Gasteiger partial charge in [0, 0.05) is 25.2 Å². The van der Waals surface area contributed by atoms with Crippen LogP contribution in [0.25, 0.3) is 0 Å². The molecule has 112 valence electrons. The van der Waals surface area contributed by atoms with Crippen molar-refractivity contribution in [3.8, 4) is 0 Å². The van der Waals surface area contributed by atoms with Crippen LogP contribution in [-0.4, -0.2) is 63.3 Å². The van der Waals surface area contributed by atoms with E-state index in [1.165, 1.54) is 0 Å². The third kappa shape index (κ3) is 2.06. The van der Waals surface area contributed by atoms with Gasteiger partial charge in [-0.3, -0.25) is 4.79 Å². The molecule has 3 heterocycles. The molecule has 20 heavy (non-hydrogen) atoms. The Bertz CT molecular complexity index is 427. The van der Waals surface area contributed by atoms with Crippen molar-refractivity contribution in [3.05, 3.63) is 0 Å². The monoisotopic (exact) mass is 282 g/mol. The van der Waals surface area contributed by atoms with Gasteiger partial charge in [0.05, 0.1) is 12.0 Å². The van der Waals surface area contributed by atoms with Crippen molar-refractivity contribution in [3.63, 3.8) is 0 Å². The number of carboxylic acids is 1. The number of aliphatic hydroxyl groups excluding tert-OH is 1. The van der Waals surface area contributed by atoms with E-state index in [0.717, 1.165) is 12.8 Å². The van der Waals surface area contributed by atoms with Crippen LogP contribution in [0.3, 0.4) is 0 Å². The summed E-state index contributed by atoms with van der Waals surface area (Å²) in [7, 11) is 0. The fourth-order valence-corrected chi connectivity index (χ4v) is 4.02. The molecule has 0 spiro atoms. The number of hydrogen-bond acceptors (Lipinski definition) is 3. The standard InChI is InChI=1S/C14H22N2O4/c1-8-7-15(5-4-12(8)17)14(20)16-9-2-3-11(16)10(6-9)13(18)19/h8-12,17H,2-7H2,1H3,(H,18,19). The lowest BCUT2D eigenvalue weighted by Crippen LogP contribution is -2.52. The minimum absolute atomic E-state index is 0.0278. The molecule has 6 nitrogen and oxygen atoms in total. The lowest BCUT2D eigenvalue weighted by molar-refractivity contribution is -0.142. The van der Waals surface area contributed by atoms with Crippen LogP contribution in [0, 0.1) is 11.8 Å². The van der Waals surface area contributed by atoms with Crippen molar-refractivity contribution in [1.29, 1.82) is 0 Å². The van der Waals surface area contributed by atoms with Gasteiger partial charge in [-0.1, -0.05) is 6.92 Å². The first-order valence-electron chi connectivity index (χ1n) is 7.47. The van der Waals surface area contributed by atoms with E-state index in [0.29, 0.717) is 25.9 Å². The van der Waals surface area contributed by atoms with E-state index in [1.54, 1.807) is 4.90 Å². The number of carboxylic acid groups (broad SMARTS) is 1. The van der Waals surface area contributed by atoms with Gasteiger partial charge in [0.15, 0.2) is 0 Å². The number of rotatable bonds is 1. The molecule has 0 aromatic rings. The summed E-state index contributed by atoms with van der Waals surface area (Å²) >= 11 is 0. The SMILES string of the molecule is CC1CN(C(=O)N2C3CCC2C(C(=O)O)C3)CCC1O. The first kappa shape index (κ1) is 13.7. The molecule has 5 unspecified atom stereocenters. The second-order valence-corrected chi connectivity index (χ2v) is 6.45. The zero-order valence-electron chi connectivity index (χ0n) is 11.7. The van der Waals surface area contributed by atoms with Crippen LogP contribution in [0.4, 0.5) is 4.79 Å². The molecule has 3 aliphatic heterocycles. The molecule has 0 saturated carbocycles. The Morgan fingerprint density at radius 3 is 2.55 bits per heavy atom. The zero-order valence-corrected chi connectivity index (χ0v) is 11.7. The van der Waals surface area contributed by atoms with Gasteiger partial charge in [-0.2, -0.15) is 0 Å². The van der Waals surface area contributed by atoms with Crippen LogP contribution < -0.4 is 0 Å². The summed E-state index contributed by atoms with van der Waals surface area (Å²) in [6.45, 7) is 3.08. The molecule has 2 N–H and O–H groups in total. The molecule has 3 saturated heterocycles. The minimum atomic E-state index is -0.780. The number of amides is 2. The summed E-state index contributed by atoms with van der Waals surface area (Å²) in [6.07, 6.45) is 2.60. The maximum absolute atomic E-state index is 12.7. The smallest absolute Gasteiger partial charge is 0.320 e. The average molecular weight is 282 g/mol. The molecule has 0 aliphatic carbocycles. The molecular weight excluding hydrogens is 260 g/mol. The van der Waals surface area contributed by atoms with Gasteiger partial charge < -0.3 is 20.0 Å². The number of carbonyl (C=O) groups is 2. The number of aliphatic carboxylic acids is 1. The molecule has 3 aliphatic rings. The Balaban J connectivity index is 1.71. The van der Waals surface area contributed by atoms with Crippen LogP contribution in [0.2, 0.25) is 0 Å². The van der Waals surface area contributed by atoms with E-state index in [2.05, 4.69) is 0 Å². The molecule has 5 atom stereocenters. The molecular formula is C14H22N2O4. The maximum Gasteiger partial charge on any atom is 0.320 e. The summed E-state index contributed by atoms with van der Waals surface area (Å²) in [4.78, 5) is 27.5. The number of fused-ring (bicyclic) bond motifs is 2. The van der Waals surface area contributed by atoms with Crippen molar-refractivity contribution in [2.45, 2.75) is 50.8 Å². The van der Waals surface area contributed by atoms with Crippen molar-refractivity contribution >= 4 is 12.0 Å². The van der Waals surface area contributed by atoms with Gasteiger partial charge in [-0.05, 0) is 31.6 Å². The van der Waals surface area contributed by atoms with Crippen LogP contribution in [0.1, 0.15) is 32.6 Å². The first-order valence-corrected chi connectivity index (χ1v) is 7.47. The fraction of sp³-hybridized carbons (Fsp3) is 0.857. The molecule has 0 radical (unpaired) electrons. The topological polar surface area (TPSA) is 81.1 Å². The Hall–Kier alpha value is -1.30. The maximum atomic E-state index is 12.7. The molecule has 3 fully saturated rings. The highest BCUT2D eigenvalue weighted by atomic mass is 16.4. The van der Waals surface area contributed by atoms with Crippen molar-refractivity contribution in [2.75, 3.05) is 13.1 Å². The summed E-state index contributed by atoms with van der Waals surface area (Å²) in [5, 5.41) is 19.0. The van der Waals surface area contributed by atoms with Gasteiger partial charge >= 0.3 is 12.0 Å². The van der Waals surface area contributed by atoms with E-state index in [4.69, 9.17) is 0 Å². The van der Waals surface area contributed by atoms with E-state index in [9.17, 15) is 19.8 Å². The quantitative estimate of drug-likeness (QED) is 0.743. The summed E-state index contributed by atoms with van der Waals surface area (Å²) < 4.78 is 0. The highest BCUT2D eigenvalue weighted by molar-refractivity contribution is 5.79. The van der Waals surface area contributed by atoms with Crippen LogP contribution in [0.5, 0.6) is 0 Å². The Kier molecular flexibility index (Phi) is 3.36. The van der Waals surface area contributed by atoms with E-state index < -0.39 is 11.9 Å². The van der Waals surface area contributed by atoms with Crippen LogP contribution >= 0.6 is 0 Å². The van der Waals surface area contributed by atoms with Gasteiger partial charge in [0.2, 0.25) is 0 Å². The zero-order chi connectivity index (χ0) is 14.4. The third-order valence-electron chi connectivity index (χ3n) is 5.21. The van der Waals surface area contributed by atoms with E-state index >= 15 is 0 Å². The Morgan fingerprint density at radius 2 is 1.95 bits per heavy atom. The largest absolute Gasteiger partial charge is 0.481 e. The lowest BCUT2D eigenvalue weighted by atomic mass is 9.89. The van der Waals surface area contributed by atoms with Crippen LogP contribution in [0.15, 0.2) is 0 Å². The normalized spacial score (nSPS) is 40.2. The number of hydrogen-bond donors (Lipinski definition) is 2. The Morgan fingerprint density at radius 1 is 1.20 bits per heavy atom. The predicted octanol–water partition coefficient (Wildman–Crippen LogP) is 0.747. The summed E-state index contributed by atoms with van der Waals surface area (Å²) in [5.74, 6) is -1.09. The Labute approximate surface area is 118 Å². The van der Waals surface area contributed by atoms with Crippen molar-refractivity contribution in [1.82, 2.24) is 9.80 Å². The number of nitrogens with zero attached hydrogens (tertiary/aromatic N) is 2. The average Bonchev–Trinajstić information content (AvgIpc) is 2.98. The van der Waals surface area contributed by atoms with Crippen molar-refractivity contribution in [2.24, 2.45) is 11.8 Å². The molecule has 3 rings (SSSR count). The highest BCUT2D eigenvalue weighted by Crippen LogP contribution is 2.42. The third-order valence-corrected chi connectivity index (χ3v) is 5.21. The van der Waals surface area contributed by atoms with E-state index in [1.807, 2.05) is 11.8 Å². The van der Waals surface area contributed by atoms with Gasteiger partial charge in [0.1, 0.15) is 0 Å². The van der Waals surface area contributed by atoms with Crippen LogP contribution in [-0.2, 0) is 4.79 Å². The van der Waals surface area contributed by atoms with Gasteiger partial charge in [-0.15, -0.1) is 0 Å². The summed E-state index contributed by atoms with van der Waals surface area (Å²) in [6, 6.07) is -0.0667.